The molecule has 0 spiro atoms. The zero-order chi connectivity index (χ0) is 18.0. The van der Waals surface area contributed by atoms with E-state index >= 15 is 0 Å². The van der Waals surface area contributed by atoms with Gasteiger partial charge in [0.25, 0.3) is 0 Å². The lowest BCUT2D eigenvalue weighted by Gasteiger charge is -2.56. The minimum atomic E-state index is -0.160. The summed E-state index contributed by atoms with van der Waals surface area (Å²) in [4.78, 5) is 12.4. The lowest BCUT2D eigenvalue weighted by Crippen LogP contribution is -2.49. The Morgan fingerprint density at radius 2 is 2.08 bits per heavy atom. The van der Waals surface area contributed by atoms with E-state index in [4.69, 9.17) is 9.84 Å². The van der Waals surface area contributed by atoms with Gasteiger partial charge in [-0.3, -0.25) is 0 Å². The fourth-order valence-corrected chi connectivity index (χ4v) is 5.37. The third kappa shape index (κ3) is 3.61. The summed E-state index contributed by atoms with van der Waals surface area (Å²) < 4.78 is 5.09. The lowest BCUT2D eigenvalue weighted by molar-refractivity contribution is -0.139. The third-order valence-corrected chi connectivity index (χ3v) is 6.71. The summed E-state index contributed by atoms with van der Waals surface area (Å²) >= 11 is 0. The zero-order valence-electron chi connectivity index (χ0n) is 16.0. The number of aliphatic hydroxyl groups is 1. The van der Waals surface area contributed by atoms with Gasteiger partial charge in [0.2, 0.25) is 0 Å². The van der Waals surface area contributed by atoms with E-state index in [-0.39, 0.29) is 23.9 Å². The van der Waals surface area contributed by atoms with Crippen LogP contribution in [0.5, 0.6) is 0 Å². The van der Waals surface area contributed by atoms with Gasteiger partial charge in [0, 0.05) is 5.57 Å². The van der Waals surface area contributed by atoms with Crippen LogP contribution >= 0.6 is 0 Å². The number of allylic oxidation sites excluding steroid dienone is 2. The van der Waals surface area contributed by atoms with Crippen LogP contribution in [0.15, 0.2) is 23.3 Å². The Bertz CT molecular complexity index is 529. The van der Waals surface area contributed by atoms with Gasteiger partial charge in [0.05, 0.1) is 13.7 Å². The number of fused-ring (bicyclic) bond motifs is 1. The molecule has 1 saturated carbocycles. The Labute approximate surface area is 147 Å². The predicted octanol–water partition coefficient (Wildman–Crippen LogP) is 4.66. The molecule has 1 N–H and O–H groups in total. The monoisotopic (exact) mass is 334 g/mol. The number of aliphatic hydroxyl groups excluding tert-OH is 1. The van der Waals surface area contributed by atoms with Crippen molar-refractivity contribution in [2.24, 2.45) is 22.7 Å². The number of esters is 1. The molecule has 3 heteroatoms. The van der Waals surface area contributed by atoms with Crippen LogP contribution in [0.3, 0.4) is 0 Å². The van der Waals surface area contributed by atoms with E-state index < -0.39 is 0 Å². The SMILES string of the molecule is COC(=O)C1=CC[C@H]2C(C)(C)CCC[C@]2(C)[C@H]1CC/C(C)=C\CO. The van der Waals surface area contributed by atoms with Crippen LogP contribution in [0.2, 0.25) is 0 Å². The molecule has 0 unspecified atom stereocenters. The molecule has 0 aromatic rings. The van der Waals surface area contributed by atoms with E-state index in [0.717, 1.165) is 24.8 Å². The Hall–Kier alpha value is -1.09. The van der Waals surface area contributed by atoms with Crippen LogP contribution in [-0.2, 0) is 9.53 Å². The smallest absolute Gasteiger partial charge is 0.333 e. The van der Waals surface area contributed by atoms with Gasteiger partial charge >= 0.3 is 5.97 Å². The molecule has 1 fully saturated rings. The normalized spacial score (nSPS) is 32.8. The molecule has 24 heavy (non-hydrogen) atoms. The van der Waals surface area contributed by atoms with Gasteiger partial charge in [-0.15, -0.1) is 0 Å². The van der Waals surface area contributed by atoms with Crippen molar-refractivity contribution in [3.63, 3.8) is 0 Å². The molecule has 0 bridgehead atoms. The summed E-state index contributed by atoms with van der Waals surface area (Å²) in [5.41, 5.74) is 2.55. The molecule has 3 nitrogen and oxygen atoms in total. The molecule has 0 heterocycles. The first-order valence-electron chi connectivity index (χ1n) is 9.31. The molecule has 0 aromatic heterocycles. The largest absolute Gasteiger partial charge is 0.466 e. The molecular weight excluding hydrogens is 300 g/mol. The van der Waals surface area contributed by atoms with Crippen molar-refractivity contribution in [1.29, 1.82) is 0 Å². The fraction of sp³-hybridized carbons (Fsp3) is 0.762. The number of methoxy groups -OCH3 is 1. The topological polar surface area (TPSA) is 46.5 Å². The second kappa shape index (κ2) is 7.43. The Morgan fingerprint density at radius 1 is 1.38 bits per heavy atom. The number of carbonyl (C=O) groups is 1. The average molecular weight is 335 g/mol. The number of rotatable bonds is 5. The van der Waals surface area contributed by atoms with Gasteiger partial charge in [0.1, 0.15) is 0 Å². The summed E-state index contributed by atoms with van der Waals surface area (Å²) in [6.07, 6.45) is 10.6. The Balaban J connectivity index is 2.34. The van der Waals surface area contributed by atoms with E-state index in [1.165, 1.54) is 31.9 Å². The van der Waals surface area contributed by atoms with Crippen molar-refractivity contribution in [3.8, 4) is 0 Å². The Kier molecular flexibility index (Phi) is 5.95. The summed E-state index contributed by atoms with van der Waals surface area (Å²) in [7, 11) is 1.48. The fourth-order valence-electron chi connectivity index (χ4n) is 5.37. The van der Waals surface area contributed by atoms with E-state index in [0.29, 0.717) is 11.3 Å². The van der Waals surface area contributed by atoms with Gasteiger partial charge in [-0.2, -0.15) is 0 Å². The van der Waals surface area contributed by atoms with Crippen LogP contribution in [0.25, 0.3) is 0 Å². The number of ether oxygens (including phenoxy) is 1. The summed E-state index contributed by atoms with van der Waals surface area (Å²) in [5, 5.41) is 9.10. The van der Waals surface area contributed by atoms with Crippen molar-refractivity contribution in [1.82, 2.24) is 0 Å². The molecule has 3 atom stereocenters. The van der Waals surface area contributed by atoms with Crippen LogP contribution in [0.4, 0.5) is 0 Å². The molecular formula is C21H34O3. The summed E-state index contributed by atoms with van der Waals surface area (Å²) in [5.74, 6) is 0.691. The highest BCUT2D eigenvalue weighted by Gasteiger charge is 2.53. The molecule has 0 radical (unpaired) electrons. The predicted molar refractivity (Wildman–Crippen MR) is 97.5 cm³/mol. The summed E-state index contributed by atoms with van der Waals surface area (Å²) in [6.45, 7) is 9.32. The first-order valence-corrected chi connectivity index (χ1v) is 9.31. The highest BCUT2D eigenvalue weighted by molar-refractivity contribution is 5.89. The minimum absolute atomic E-state index is 0.0864. The van der Waals surface area contributed by atoms with Crippen molar-refractivity contribution >= 4 is 5.97 Å². The molecule has 2 aliphatic rings. The van der Waals surface area contributed by atoms with Crippen LogP contribution in [-0.4, -0.2) is 24.8 Å². The standard InChI is InChI=1S/C21H34O3/c1-15(11-14-22)7-9-17-16(19(23)24-5)8-10-18-20(2,3)12-6-13-21(17,18)4/h8,11,17-18,22H,6-7,9-10,12-14H2,1-5H3/b15-11-/t17-,18-,21+/m0/s1. The molecule has 0 aromatic carbocycles. The Morgan fingerprint density at radius 3 is 2.71 bits per heavy atom. The zero-order valence-corrected chi connectivity index (χ0v) is 16.0. The van der Waals surface area contributed by atoms with E-state index in [9.17, 15) is 4.79 Å². The van der Waals surface area contributed by atoms with Crippen LogP contribution < -0.4 is 0 Å². The van der Waals surface area contributed by atoms with E-state index in [1.807, 2.05) is 6.08 Å². The molecule has 0 aliphatic heterocycles. The third-order valence-electron chi connectivity index (χ3n) is 6.71. The molecule has 2 rings (SSSR count). The van der Waals surface area contributed by atoms with Crippen LogP contribution in [0, 0.1) is 22.7 Å². The van der Waals surface area contributed by atoms with E-state index in [1.54, 1.807) is 0 Å². The quantitative estimate of drug-likeness (QED) is 0.587. The molecule has 2 aliphatic carbocycles. The summed E-state index contributed by atoms with van der Waals surface area (Å²) in [6, 6.07) is 0. The lowest BCUT2D eigenvalue weighted by atomic mass is 9.48. The highest BCUT2D eigenvalue weighted by Crippen LogP contribution is 2.60. The minimum Gasteiger partial charge on any atom is -0.466 e. The maximum atomic E-state index is 12.4. The first kappa shape index (κ1) is 19.2. The van der Waals surface area contributed by atoms with Crippen molar-refractivity contribution in [2.75, 3.05) is 13.7 Å². The number of hydrogen-bond acceptors (Lipinski definition) is 3. The number of hydrogen-bond donors (Lipinski definition) is 1. The average Bonchev–Trinajstić information content (AvgIpc) is 2.51. The van der Waals surface area contributed by atoms with E-state index in [2.05, 4.69) is 33.8 Å². The van der Waals surface area contributed by atoms with Gasteiger partial charge in [0.15, 0.2) is 0 Å². The van der Waals surface area contributed by atoms with Crippen molar-refractivity contribution in [2.45, 2.75) is 66.2 Å². The van der Waals surface area contributed by atoms with Gasteiger partial charge in [-0.1, -0.05) is 44.9 Å². The van der Waals surface area contributed by atoms with Crippen molar-refractivity contribution in [3.05, 3.63) is 23.3 Å². The molecule has 136 valence electrons. The molecule has 0 amide bonds. The maximum Gasteiger partial charge on any atom is 0.333 e. The second-order valence-corrected chi connectivity index (χ2v) is 8.61. The van der Waals surface area contributed by atoms with Crippen molar-refractivity contribution < 1.29 is 14.6 Å². The van der Waals surface area contributed by atoms with Gasteiger partial charge in [-0.25, -0.2) is 4.79 Å². The maximum absolute atomic E-state index is 12.4. The number of carbonyl (C=O) groups excluding carboxylic acids is 1. The molecule has 0 saturated heterocycles. The highest BCUT2D eigenvalue weighted by atomic mass is 16.5. The van der Waals surface area contributed by atoms with Gasteiger partial charge in [-0.05, 0) is 61.7 Å². The second-order valence-electron chi connectivity index (χ2n) is 8.61. The van der Waals surface area contributed by atoms with Gasteiger partial charge < -0.3 is 9.84 Å². The van der Waals surface area contributed by atoms with Crippen LogP contribution in [0.1, 0.15) is 66.2 Å². The first-order chi connectivity index (χ1) is 11.3.